The fourth-order valence-corrected chi connectivity index (χ4v) is 6.55. The zero-order valence-corrected chi connectivity index (χ0v) is 23.3. The lowest BCUT2D eigenvalue weighted by molar-refractivity contribution is -0.645. The van der Waals surface area contributed by atoms with Crippen molar-refractivity contribution < 1.29 is 40.7 Å². The topological polar surface area (TPSA) is 153 Å². The minimum atomic E-state index is -4.43. The number of amides is 1. The molecule has 10 nitrogen and oxygen atoms in total. The van der Waals surface area contributed by atoms with Crippen LogP contribution in [-0.2, 0) is 31.5 Å². The van der Waals surface area contributed by atoms with Gasteiger partial charge in [0.25, 0.3) is 15.9 Å². The number of sulfonamides is 1. The summed E-state index contributed by atoms with van der Waals surface area (Å²) >= 11 is 0. The Balaban J connectivity index is 1.91. The monoisotopic (exact) mass is 584 g/mol. The number of fused-ring (bicyclic) bond motifs is 2. The Morgan fingerprint density at radius 3 is 1.93 bits per heavy atom. The Labute approximate surface area is 232 Å². The number of rotatable bonds is 11. The molecule has 0 saturated carbocycles. The predicted octanol–water partition coefficient (Wildman–Crippen LogP) is 3.22. The second kappa shape index (κ2) is 11.7. The largest absolute Gasteiger partial charge is 0.748 e. The van der Waals surface area contributed by atoms with E-state index in [0.717, 1.165) is 9.87 Å². The minimum Gasteiger partial charge on any atom is -0.748 e. The molecule has 4 aromatic rings. The van der Waals surface area contributed by atoms with Crippen LogP contribution >= 0.6 is 0 Å². The van der Waals surface area contributed by atoms with E-state index in [1.165, 1.54) is 12.1 Å². The van der Waals surface area contributed by atoms with Gasteiger partial charge in [0.05, 0.1) is 31.3 Å². The van der Waals surface area contributed by atoms with E-state index in [1.807, 2.05) is 0 Å². The quantitative estimate of drug-likeness (QED) is 0.160. The van der Waals surface area contributed by atoms with Gasteiger partial charge in [-0.2, -0.15) is 4.57 Å². The molecule has 1 heterocycles. The van der Waals surface area contributed by atoms with Crippen molar-refractivity contribution in [3.8, 4) is 0 Å². The summed E-state index contributed by atoms with van der Waals surface area (Å²) in [4.78, 5) is 25.4. The first-order chi connectivity index (χ1) is 18.9. The van der Waals surface area contributed by atoms with E-state index in [-0.39, 0.29) is 42.8 Å². The van der Waals surface area contributed by atoms with Crippen LogP contribution in [0.15, 0.2) is 77.7 Å². The number of aromatic nitrogens is 1. The third-order valence-electron chi connectivity index (χ3n) is 6.51. The molecule has 1 aromatic heterocycles. The molecular formula is C28H28N2O8S2. The number of pyridine rings is 1. The summed E-state index contributed by atoms with van der Waals surface area (Å²) in [5.41, 5.74) is 2.04. The molecule has 0 bridgehead atoms. The SMILES string of the molecule is Cc1ccc(S(=O)(=O)N(CCCC(=O)O)C(=O)c2c3ccccc3[n+](CCCS(=O)(=O)[O-])c3ccccc23)cc1. The van der Waals surface area contributed by atoms with E-state index >= 15 is 0 Å². The lowest BCUT2D eigenvalue weighted by atomic mass is 10.0. The van der Waals surface area contributed by atoms with Gasteiger partial charge in [0.1, 0.15) is 0 Å². The van der Waals surface area contributed by atoms with Gasteiger partial charge in [-0.1, -0.05) is 42.0 Å². The van der Waals surface area contributed by atoms with Crippen LogP contribution < -0.4 is 4.57 Å². The maximum atomic E-state index is 14.3. The lowest BCUT2D eigenvalue weighted by Crippen LogP contribution is -2.40. The zero-order chi connectivity index (χ0) is 29.1. The van der Waals surface area contributed by atoms with Gasteiger partial charge in [-0.3, -0.25) is 9.59 Å². The van der Waals surface area contributed by atoms with Gasteiger partial charge in [-0.05, 0) is 37.6 Å². The van der Waals surface area contributed by atoms with Crippen molar-refractivity contribution in [1.82, 2.24) is 4.31 Å². The molecule has 0 atom stereocenters. The Morgan fingerprint density at radius 1 is 0.850 bits per heavy atom. The number of benzene rings is 3. The van der Waals surface area contributed by atoms with Crippen molar-refractivity contribution in [2.75, 3.05) is 12.3 Å². The molecule has 4 rings (SSSR count). The maximum Gasteiger partial charge on any atom is 0.303 e. The highest BCUT2D eigenvalue weighted by atomic mass is 32.2. The summed E-state index contributed by atoms with van der Waals surface area (Å²) in [5, 5.41) is 10.0. The molecule has 0 aliphatic rings. The van der Waals surface area contributed by atoms with Crippen LogP contribution in [0, 0.1) is 6.92 Å². The highest BCUT2D eigenvalue weighted by Crippen LogP contribution is 2.29. The molecule has 12 heteroatoms. The Bertz CT molecular complexity index is 1740. The number of hydrogen-bond donors (Lipinski definition) is 1. The molecule has 1 N–H and O–H groups in total. The molecule has 0 aliphatic heterocycles. The smallest absolute Gasteiger partial charge is 0.303 e. The molecule has 0 spiro atoms. The highest BCUT2D eigenvalue weighted by molar-refractivity contribution is 7.89. The fourth-order valence-electron chi connectivity index (χ4n) is 4.65. The zero-order valence-electron chi connectivity index (χ0n) is 21.7. The number of para-hydroxylation sites is 2. The Hall–Kier alpha value is -3.87. The van der Waals surface area contributed by atoms with Crippen LogP contribution in [0.5, 0.6) is 0 Å². The highest BCUT2D eigenvalue weighted by Gasteiger charge is 2.34. The van der Waals surface area contributed by atoms with Crippen LogP contribution in [0.1, 0.15) is 35.2 Å². The van der Waals surface area contributed by atoms with E-state index in [2.05, 4.69) is 0 Å². The van der Waals surface area contributed by atoms with Crippen molar-refractivity contribution in [2.45, 2.75) is 37.6 Å². The van der Waals surface area contributed by atoms with Crippen LogP contribution in [0.2, 0.25) is 0 Å². The van der Waals surface area contributed by atoms with E-state index in [4.69, 9.17) is 5.11 Å². The number of carbonyl (C=O) groups is 2. The summed E-state index contributed by atoms with van der Waals surface area (Å²) in [6.07, 6.45) is -0.370. The number of aliphatic carboxylic acids is 1. The number of carbonyl (C=O) groups excluding carboxylic acids is 1. The number of aryl methyl sites for hydroxylation is 2. The van der Waals surface area contributed by atoms with Gasteiger partial charge in [-0.15, -0.1) is 0 Å². The average Bonchev–Trinajstić information content (AvgIpc) is 2.90. The first-order valence-corrected chi connectivity index (χ1v) is 15.5. The molecular weight excluding hydrogens is 556 g/mol. The Morgan fingerprint density at radius 2 is 1.40 bits per heavy atom. The Kier molecular flexibility index (Phi) is 8.52. The molecule has 3 aromatic carbocycles. The fraction of sp³-hybridized carbons (Fsp3) is 0.250. The van der Waals surface area contributed by atoms with Crippen molar-refractivity contribution in [3.63, 3.8) is 0 Å². The average molecular weight is 585 g/mol. The number of carboxylic acid groups (broad SMARTS) is 1. The van der Waals surface area contributed by atoms with Gasteiger partial charge >= 0.3 is 5.97 Å². The molecule has 1 amide bonds. The van der Waals surface area contributed by atoms with E-state index in [0.29, 0.717) is 21.8 Å². The molecule has 0 saturated heterocycles. The molecule has 0 radical (unpaired) electrons. The van der Waals surface area contributed by atoms with Gasteiger partial charge in [0.15, 0.2) is 6.54 Å². The summed E-state index contributed by atoms with van der Waals surface area (Å²) < 4.78 is 63.7. The first kappa shape index (κ1) is 29.1. The van der Waals surface area contributed by atoms with E-state index in [9.17, 15) is 31.0 Å². The third kappa shape index (κ3) is 6.30. The van der Waals surface area contributed by atoms with Crippen LogP contribution in [0.4, 0.5) is 0 Å². The maximum absolute atomic E-state index is 14.3. The predicted molar refractivity (Wildman–Crippen MR) is 147 cm³/mol. The third-order valence-corrected chi connectivity index (χ3v) is 9.09. The molecule has 0 fully saturated rings. The van der Waals surface area contributed by atoms with Crippen molar-refractivity contribution in [2.24, 2.45) is 0 Å². The molecule has 210 valence electrons. The normalized spacial score (nSPS) is 12.1. The van der Waals surface area contributed by atoms with Crippen molar-refractivity contribution >= 4 is 53.8 Å². The second-order valence-electron chi connectivity index (χ2n) is 9.37. The first-order valence-electron chi connectivity index (χ1n) is 12.5. The van der Waals surface area contributed by atoms with E-state index in [1.54, 1.807) is 72.2 Å². The molecule has 0 aliphatic carbocycles. The minimum absolute atomic E-state index is 0.0426. The van der Waals surface area contributed by atoms with E-state index < -0.39 is 37.8 Å². The summed E-state index contributed by atoms with van der Waals surface area (Å²) in [6, 6.07) is 19.7. The number of nitrogens with zero attached hydrogens (tertiary/aromatic N) is 2. The summed E-state index contributed by atoms with van der Waals surface area (Å²) in [5.74, 6) is -2.49. The number of hydrogen-bond acceptors (Lipinski definition) is 7. The summed E-state index contributed by atoms with van der Waals surface area (Å²) in [6.45, 7) is 1.62. The van der Waals surface area contributed by atoms with Crippen LogP contribution in [0.3, 0.4) is 0 Å². The van der Waals surface area contributed by atoms with Gasteiger partial charge < -0.3 is 9.66 Å². The second-order valence-corrected chi connectivity index (χ2v) is 12.8. The summed E-state index contributed by atoms with van der Waals surface area (Å²) in [7, 11) is -8.79. The molecule has 0 unspecified atom stereocenters. The van der Waals surface area contributed by atoms with Gasteiger partial charge in [0, 0.05) is 37.3 Å². The van der Waals surface area contributed by atoms with Crippen molar-refractivity contribution in [3.05, 3.63) is 83.9 Å². The van der Waals surface area contributed by atoms with Crippen molar-refractivity contribution in [1.29, 1.82) is 0 Å². The number of carboxylic acids is 1. The van der Waals surface area contributed by atoms with Crippen LogP contribution in [0.25, 0.3) is 21.8 Å². The van der Waals surface area contributed by atoms with Gasteiger partial charge in [0.2, 0.25) is 11.0 Å². The van der Waals surface area contributed by atoms with Crippen LogP contribution in [-0.4, -0.2) is 55.0 Å². The standard InChI is InChI=1S/C28H28N2O8S2/c1-20-13-15-21(16-14-20)40(37,38)30(18-6-12-26(31)32)28(33)27-22-8-2-4-10-24(22)29(17-7-19-39(34,35)36)25-11-5-3-9-23(25)27/h2-5,8-11,13-16H,6-7,12,17-19H2,1H3,(H-,31,32,34,35,36). The molecule has 40 heavy (non-hydrogen) atoms. The van der Waals surface area contributed by atoms with Gasteiger partial charge in [-0.25, -0.2) is 21.1 Å². The lowest BCUT2D eigenvalue weighted by Gasteiger charge is -2.24.